The van der Waals surface area contributed by atoms with Gasteiger partial charge in [-0.25, -0.2) is 4.98 Å². The maximum Gasteiger partial charge on any atom is 0.416 e. The summed E-state index contributed by atoms with van der Waals surface area (Å²) in [7, 11) is 0. The first-order valence-corrected chi connectivity index (χ1v) is 10.7. The van der Waals surface area contributed by atoms with Gasteiger partial charge in [0.1, 0.15) is 5.82 Å². The molecule has 1 aromatic carbocycles. The van der Waals surface area contributed by atoms with Gasteiger partial charge in [0, 0.05) is 40.8 Å². The summed E-state index contributed by atoms with van der Waals surface area (Å²) >= 11 is 1.72. The lowest BCUT2D eigenvalue weighted by Gasteiger charge is -2.33. The second-order valence-corrected chi connectivity index (χ2v) is 8.89. The van der Waals surface area contributed by atoms with Gasteiger partial charge in [0.2, 0.25) is 5.91 Å². The minimum atomic E-state index is -4.39. The molecule has 3 aromatic rings. The van der Waals surface area contributed by atoms with Crippen LogP contribution in [0.3, 0.4) is 0 Å². The van der Waals surface area contributed by atoms with E-state index in [9.17, 15) is 18.0 Å². The Kier molecular flexibility index (Phi) is 5.69. The number of carbonyl (C=O) groups excluding carboxylic acids is 1. The van der Waals surface area contributed by atoms with Gasteiger partial charge in [0.15, 0.2) is 0 Å². The molecule has 0 radical (unpaired) electrons. The predicted octanol–water partition coefficient (Wildman–Crippen LogP) is 5.16. The molecule has 0 saturated carbocycles. The van der Waals surface area contributed by atoms with Crippen LogP contribution >= 0.6 is 11.3 Å². The smallest absolute Gasteiger partial charge is 0.355 e. The molecule has 2 aromatic heterocycles. The normalized spacial score (nSPS) is 17.3. The lowest BCUT2D eigenvalue weighted by Crippen LogP contribution is -2.43. The van der Waals surface area contributed by atoms with E-state index in [1.165, 1.54) is 15.6 Å². The van der Waals surface area contributed by atoms with Crippen LogP contribution in [0.2, 0.25) is 0 Å². The summed E-state index contributed by atoms with van der Waals surface area (Å²) in [6.07, 6.45) is -0.977. The SMILES string of the molecule is Cc1cc2c(N3CCC[C@H](C(=O)NCc4cccc(C(F)(F)F)c4)C3)nccc2s1. The first-order chi connectivity index (χ1) is 14.3. The second kappa shape index (κ2) is 8.26. The van der Waals surface area contributed by atoms with Crippen LogP contribution in [0, 0.1) is 12.8 Å². The first kappa shape index (κ1) is 20.7. The van der Waals surface area contributed by atoms with Crippen LogP contribution in [0.5, 0.6) is 0 Å². The van der Waals surface area contributed by atoms with Gasteiger partial charge < -0.3 is 10.2 Å². The van der Waals surface area contributed by atoms with Crippen molar-refractivity contribution in [3.8, 4) is 0 Å². The third-order valence-corrected chi connectivity index (χ3v) is 6.38. The molecule has 0 aliphatic carbocycles. The number of alkyl halides is 3. The maximum atomic E-state index is 12.9. The maximum absolute atomic E-state index is 12.9. The largest absolute Gasteiger partial charge is 0.416 e. The van der Waals surface area contributed by atoms with Crippen molar-refractivity contribution in [3.63, 3.8) is 0 Å². The van der Waals surface area contributed by atoms with Gasteiger partial charge in [0.05, 0.1) is 11.5 Å². The minimum absolute atomic E-state index is 0.0802. The van der Waals surface area contributed by atoms with Crippen molar-refractivity contribution in [1.82, 2.24) is 10.3 Å². The summed E-state index contributed by atoms with van der Waals surface area (Å²) < 4.78 is 39.8. The zero-order valence-electron chi connectivity index (χ0n) is 16.5. The Morgan fingerprint density at radius 3 is 2.93 bits per heavy atom. The highest BCUT2D eigenvalue weighted by Gasteiger charge is 2.31. The Labute approximate surface area is 176 Å². The number of benzene rings is 1. The van der Waals surface area contributed by atoms with Crippen LogP contribution in [0.25, 0.3) is 10.1 Å². The number of anilines is 1. The molecule has 1 fully saturated rings. The summed E-state index contributed by atoms with van der Waals surface area (Å²) in [4.78, 5) is 20.6. The zero-order valence-corrected chi connectivity index (χ0v) is 17.3. The third-order valence-electron chi connectivity index (χ3n) is 5.36. The zero-order chi connectivity index (χ0) is 21.3. The summed E-state index contributed by atoms with van der Waals surface area (Å²) in [6.45, 7) is 3.53. The quantitative estimate of drug-likeness (QED) is 0.619. The van der Waals surface area contributed by atoms with E-state index in [-0.39, 0.29) is 18.4 Å². The lowest BCUT2D eigenvalue weighted by molar-refractivity contribution is -0.137. The van der Waals surface area contributed by atoms with E-state index in [2.05, 4.69) is 28.2 Å². The molecule has 3 heterocycles. The summed E-state index contributed by atoms with van der Waals surface area (Å²) in [6, 6.07) is 9.19. The monoisotopic (exact) mass is 433 g/mol. The molecule has 1 atom stereocenters. The third kappa shape index (κ3) is 4.43. The van der Waals surface area contributed by atoms with Crippen molar-refractivity contribution in [2.45, 2.75) is 32.5 Å². The van der Waals surface area contributed by atoms with E-state index in [0.29, 0.717) is 12.1 Å². The van der Waals surface area contributed by atoms with Crippen LogP contribution in [-0.4, -0.2) is 24.0 Å². The molecule has 1 aliphatic rings. The van der Waals surface area contributed by atoms with Gasteiger partial charge in [-0.3, -0.25) is 4.79 Å². The number of fused-ring (bicyclic) bond motifs is 1. The number of amides is 1. The van der Waals surface area contributed by atoms with Crippen molar-refractivity contribution in [2.24, 2.45) is 5.92 Å². The molecular weight excluding hydrogens is 411 g/mol. The Morgan fingerprint density at radius 1 is 1.30 bits per heavy atom. The number of hydrogen-bond acceptors (Lipinski definition) is 4. The average Bonchev–Trinajstić information content (AvgIpc) is 3.12. The number of aryl methyl sites for hydroxylation is 1. The van der Waals surface area contributed by atoms with E-state index in [0.717, 1.165) is 42.7 Å². The van der Waals surface area contributed by atoms with Crippen LogP contribution in [0.15, 0.2) is 42.6 Å². The van der Waals surface area contributed by atoms with Crippen molar-refractivity contribution < 1.29 is 18.0 Å². The average molecular weight is 433 g/mol. The molecule has 0 unspecified atom stereocenters. The standard InChI is InChI=1S/C22H22F3N3OS/c1-14-10-18-19(30-14)7-8-26-20(18)28-9-3-5-16(13-28)21(29)27-12-15-4-2-6-17(11-15)22(23,24)25/h2,4,6-8,10-11,16H,3,5,9,12-13H2,1H3,(H,27,29)/t16-/m0/s1. The van der Waals surface area contributed by atoms with Crippen LogP contribution in [0.4, 0.5) is 19.0 Å². The molecule has 4 rings (SSSR count). The van der Waals surface area contributed by atoms with Crippen LogP contribution < -0.4 is 10.2 Å². The van der Waals surface area contributed by atoms with Crippen LogP contribution in [-0.2, 0) is 17.5 Å². The number of piperidine rings is 1. The molecule has 0 spiro atoms. The molecule has 8 heteroatoms. The van der Waals surface area contributed by atoms with E-state index in [4.69, 9.17) is 0 Å². The highest BCUT2D eigenvalue weighted by molar-refractivity contribution is 7.19. The molecule has 4 nitrogen and oxygen atoms in total. The van der Waals surface area contributed by atoms with Gasteiger partial charge in [-0.15, -0.1) is 11.3 Å². The summed E-state index contributed by atoms with van der Waals surface area (Å²) in [5.41, 5.74) is -0.269. The van der Waals surface area contributed by atoms with Crippen LogP contribution in [0.1, 0.15) is 28.8 Å². The van der Waals surface area contributed by atoms with Gasteiger partial charge in [-0.2, -0.15) is 13.2 Å². The Bertz CT molecular complexity index is 1060. The number of hydrogen-bond donors (Lipinski definition) is 1. The van der Waals surface area contributed by atoms with E-state index in [1.807, 2.05) is 6.07 Å². The molecule has 1 aliphatic heterocycles. The number of rotatable bonds is 4. The summed E-state index contributed by atoms with van der Waals surface area (Å²) in [5.74, 6) is 0.541. The Hall–Kier alpha value is -2.61. The predicted molar refractivity (Wildman–Crippen MR) is 113 cm³/mol. The fourth-order valence-electron chi connectivity index (χ4n) is 3.90. The molecule has 1 N–H and O–H groups in total. The van der Waals surface area contributed by atoms with Gasteiger partial charge in [-0.1, -0.05) is 12.1 Å². The number of thiophene rings is 1. The molecule has 1 saturated heterocycles. The highest BCUT2D eigenvalue weighted by Crippen LogP contribution is 2.33. The summed E-state index contributed by atoms with van der Waals surface area (Å²) in [5, 5.41) is 3.91. The van der Waals surface area contributed by atoms with Gasteiger partial charge in [0.25, 0.3) is 0 Å². The van der Waals surface area contributed by atoms with Gasteiger partial charge >= 0.3 is 6.18 Å². The number of pyridine rings is 1. The number of halogens is 3. The number of nitrogens with zero attached hydrogens (tertiary/aromatic N) is 2. The van der Waals surface area contributed by atoms with E-state index in [1.54, 1.807) is 23.6 Å². The topological polar surface area (TPSA) is 45.2 Å². The molecule has 30 heavy (non-hydrogen) atoms. The van der Waals surface area contributed by atoms with Crippen molar-refractivity contribution >= 4 is 33.1 Å². The minimum Gasteiger partial charge on any atom is -0.355 e. The number of nitrogens with one attached hydrogen (secondary N) is 1. The van der Waals surface area contributed by atoms with E-state index >= 15 is 0 Å². The number of carbonyl (C=O) groups is 1. The molecule has 0 bridgehead atoms. The Morgan fingerprint density at radius 2 is 2.13 bits per heavy atom. The molecular formula is C22H22F3N3OS. The number of aromatic nitrogens is 1. The Balaban J connectivity index is 1.43. The van der Waals surface area contributed by atoms with Crippen molar-refractivity contribution in [2.75, 3.05) is 18.0 Å². The van der Waals surface area contributed by atoms with E-state index < -0.39 is 11.7 Å². The molecule has 1 amide bonds. The van der Waals surface area contributed by atoms with Crippen molar-refractivity contribution in [3.05, 3.63) is 58.6 Å². The lowest BCUT2D eigenvalue weighted by atomic mass is 9.96. The fourth-order valence-corrected chi connectivity index (χ4v) is 4.82. The second-order valence-electron chi connectivity index (χ2n) is 7.60. The highest BCUT2D eigenvalue weighted by atomic mass is 32.1. The first-order valence-electron chi connectivity index (χ1n) is 9.85. The van der Waals surface area contributed by atoms with Crippen molar-refractivity contribution in [1.29, 1.82) is 0 Å². The van der Waals surface area contributed by atoms with Gasteiger partial charge in [-0.05, 0) is 49.6 Å². The molecule has 158 valence electrons. The fraction of sp³-hybridized carbons (Fsp3) is 0.364.